The zero-order valence-corrected chi connectivity index (χ0v) is 11.1. The second-order valence-electron chi connectivity index (χ2n) is 3.68. The Labute approximate surface area is 109 Å². The lowest BCUT2D eigenvalue weighted by molar-refractivity contribution is 0.112. The van der Waals surface area contributed by atoms with Gasteiger partial charge in [0, 0.05) is 9.13 Å². The number of aryl methyl sites for hydroxylation is 1. The van der Waals surface area contributed by atoms with Gasteiger partial charge >= 0.3 is 0 Å². The minimum absolute atomic E-state index is 0.717. The molecule has 0 heterocycles. The van der Waals surface area contributed by atoms with Gasteiger partial charge in [0.25, 0.3) is 0 Å². The van der Waals surface area contributed by atoms with E-state index >= 15 is 0 Å². The summed E-state index contributed by atoms with van der Waals surface area (Å²) in [6.45, 7) is 2.09. The minimum atomic E-state index is 0.717. The fourth-order valence-corrected chi connectivity index (χ4v) is 2.32. The molecule has 0 saturated heterocycles. The number of hydrogen-bond donors (Lipinski definition) is 0. The average Bonchev–Trinajstić information content (AvgIpc) is 2.33. The zero-order chi connectivity index (χ0) is 11.5. The highest BCUT2D eigenvalue weighted by Gasteiger charge is 2.05. The number of aldehydes is 1. The molecule has 0 N–H and O–H groups in total. The third-order valence-corrected chi connectivity index (χ3v) is 3.96. The van der Waals surface area contributed by atoms with Gasteiger partial charge in [-0.15, -0.1) is 0 Å². The van der Waals surface area contributed by atoms with Crippen LogP contribution in [-0.4, -0.2) is 6.29 Å². The summed E-state index contributed by atoms with van der Waals surface area (Å²) in [6.07, 6.45) is 0.881. The highest BCUT2D eigenvalue weighted by molar-refractivity contribution is 14.1. The van der Waals surface area contributed by atoms with E-state index in [1.165, 1.54) is 14.7 Å². The van der Waals surface area contributed by atoms with Crippen LogP contribution in [0.4, 0.5) is 0 Å². The first-order valence-electron chi connectivity index (χ1n) is 5.03. The molecule has 2 heteroatoms. The van der Waals surface area contributed by atoms with Crippen LogP contribution in [-0.2, 0) is 0 Å². The number of rotatable bonds is 2. The van der Waals surface area contributed by atoms with E-state index in [1.54, 1.807) is 0 Å². The van der Waals surface area contributed by atoms with Crippen molar-refractivity contribution < 1.29 is 4.79 Å². The minimum Gasteiger partial charge on any atom is -0.298 e. The molecule has 0 aliphatic rings. The SMILES string of the molecule is Cc1cccc(-c2cccc(C=O)c2)c1I. The van der Waals surface area contributed by atoms with E-state index in [-0.39, 0.29) is 0 Å². The molecule has 0 bridgehead atoms. The summed E-state index contributed by atoms with van der Waals surface area (Å²) in [5.41, 5.74) is 4.26. The predicted molar refractivity (Wildman–Crippen MR) is 74.7 cm³/mol. The Balaban J connectivity index is 2.58. The number of benzene rings is 2. The van der Waals surface area contributed by atoms with Crippen LogP contribution in [0.3, 0.4) is 0 Å². The van der Waals surface area contributed by atoms with Crippen LogP contribution < -0.4 is 0 Å². The quantitative estimate of drug-likeness (QED) is 0.601. The molecule has 0 aliphatic carbocycles. The molecular formula is C14H11IO. The number of carbonyl (C=O) groups is 1. The molecule has 0 fully saturated rings. The van der Waals surface area contributed by atoms with E-state index in [0.717, 1.165) is 17.4 Å². The molecule has 2 rings (SSSR count). The highest BCUT2D eigenvalue weighted by atomic mass is 127. The van der Waals surface area contributed by atoms with E-state index < -0.39 is 0 Å². The van der Waals surface area contributed by atoms with E-state index in [9.17, 15) is 4.79 Å². The second-order valence-corrected chi connectivity index (χ2v) is 4.76. The molecule has 0 radical (unpaired) electrons. The molecule has 0 aliphatic heterocycles. The predicted octanol–water partition coefficient (Wildman–Crippen LogP) is 4.08. The third-order valence-electron chi connectivity index (χ3n) is 2.53. The van der Waals surface area contributed by atoms with Crippen LogP contribution in [0.1, 0.15) is 15.9 Å². The molecule has 0 amide bonds. The smallest absolute Gasteiger partial charge is 0.150 e. The monoisotopic (exact) mass is 322 g/mol. The summed E-state index contributed by atoms with van der Waals surface area (Å²) in [7, 11) is 0. The lowest BCUT2D eigenvalue weighted by Gasteiger charge is -2.07. The molecule has 2 aromatic carbocycles. The normalized spacial score (nSPS) is 10.1. The standard InChI is InChI=1S/C14H11IO/c1-10-4-2-7-13(14(10)15)12-6-3-5-11(8-12)9-16/h2-9H,1H3. The Hall–Kier alpha value is -1.16. The summed E-state index contributed by atoms with van der Waals surface area (Å²) < 4.78 is 1.24. The topological polar surface area (TPSA) is 17.1 Å². The van der Waals surface area contributed by atoms with Crippen LogP contribution in [0, 0.1) is 10.5 Å². The number of hydrogen-bond acceptors (Lipinski definition) is 1. The zero-order valence-electron chi connectivity index (χ0n) is 8.91. The van der Waals surface area contributed by atoms with Gasteiger partial charge in [-0.3, -0.25) is 4.79 Å². The fourth-order valence-electron chi connectivity index (χ4n) is 1.65. The molecule has 0 atom stereocenters. The maximum absolute atomic E-state index is 10.7. The Morgan fingerprint density at radius 1 is 1.12 bits per heavy atom. The van der Waals surface area contributed by atoms with Gasteiger partial charge in [-0.25, -0.2) is 0 Å². The van der Waals surface area contributed by atoms with Gasteiger partial charge in [-0.1, -0.05) is 36.4 Å². The van der Waals surface area contributed by atoms with Crippen LogP contribution in [0.2, 0.25) is 0 Å². The first kappa shape index (κ1) is 11.3. The van der Waals surface area contributed by atoms with Crippen molar-refractivity contribution in [1.82, 2.24) is 0 Å². The van der Waals surface area contributed by atoms with Crippen LogP contribution in [0.15, 0.2) is 42.5 Å². The molecule has 80 valence electrons. The molecule has 0 unspecified atom stereocenters. The maximum atomic E-state index is 10.7. The Morgan fingerprint density at radius 2 is 1.88 bits per heavy atom. The second kappa shape index (κ2) is 4.78. The van der Waals surface area contributed by atoms with Crippen molar-refractivity contribution in [1.29, 1.82) is 0 Å². The van der Waals surface area contributed by atoms with Crippen molar-refractivity contribution >= 4 is 28.9 Å². The molecular weight excluding hydrogens is 311 g/mol. The van der Waals surface area contributed by atoms with E-state index in [0.29, 0.717) is 0 Å². The first-order valence-corrected chi connectivity index (χ1v) is 6.11. The van der Waals surface area contributed by atoms with Gasteiger partial charge in [0.05, 0.1) is 0 Å². The van der Waals surface area contributed by atoms with Crippen molar-refractivity contribution in [2.24, 2.45) is 0 Å². The first-order chi connectivity index (χ1) is 7.72. The van der Waals surface area contributed by atoms with Crippen molar-refractivity contribution in [3.8, 4) is 11.1 Å². The van der Waals surface area contributed by atoms with Gasteiger partial charge < -0.3 is 0 Å². The van der Waals surface area contributed by atoms with Gasteiger partial charge in [0.1, 0.15) is 6.29 Å². The van der Waals surface area contributed by atoms with E-state index in [4.69, 9.17) is 0 Å². The summed E-state index contributed by atoms with van der Waals surface area (Å²) >= 11 is 2.34. The van der Waals surface area contributed by atoms with Crippen molar-refractivity contribution in [2.45, 2.75) is 6.92 Å². The van der Waals surface area contributed by atoms with Crippen molar-refractivity contribution in [2.75, 3.05) is 0 Å². The largest absolute Gasteiger partial charge is 0.298 e. The fraction of sp³-hybridized carbons (Fsp3) is 0.0714. The van der Waals surface area contributed by atoms with E-state index in [2.05, 4.69) is 41.6 Å². The Bertz CT molecular complexity index is 532. The molecule has 16 heavy (non-hydrogen) atoms. The van der Waals surface area contributed by atoms with Crippen molar-refractivity contribution in [3.63, 3.8) is 0 Å². The summed E-state index contributed by atoms with van der Waals surface area (Å²) in [5, 5.41) is 0. The van der Waals surface area contributed by atoms with Crippen LogP contribution >= 0.6 is 22.6 Å². The van der Waals surface area contributed by atoms with Gasteiger partial charge in [-0.2, -0.15) is 0 Å². The molecule has 1 nitrogen and oxygen atoms in total. The van der Waals surface area contributed by atoms with Gasteiger partial charge in [-0.05, 0) is 52.3 Å². The molecule has 0 aromatic heterocycles. The summed E-state index contributed by atoms with van der Waals surface area (Å²) in [4.78, 5) is 10.7. The third kappa shape index (κ3) is 2.16. The molecule has 0 saturated carbocycles. The lowest BCUT2D eigenvalue weighted by Crippen LogP contribution is -1.88. The Kier molecular flexibility index (Phi) is 3.39. The highest BCUT2D eigenvalue weighted by Crippen LogP contribution is 2.27. The lowest BCUT2D eigenvalue weighted by atomic mass is 10.0. The van der Waals surface area contributed by atoms with Crippen molar-refractivity contribution in [3.05, 3.63) is 57.2 Å². The summed E-state index contributed by atoms with van der Waals surface area (Å²) in [5.74, 6) is 0. The number of halogens is 1. The van der Waals surface area contributed by atoms with Gasteiger partial charge in [0.15, 0.2) is 0 Å². The molecule has 0 spiro atoms. The average molecular weight is 322 g/mol. The molecule has 2 aromatic rings. The maximum Gasteiger partial charge on any atom is 0.150 e. The van der Waals surface area contributed by atoms with Crippen LogP contribution in [0.5, 0.6) is 0 Å². The Morgan fingerprint density at radius 3 is 2.62 bits per heavy atom. The summed E-state index contributed by atoms with van der Waals surface area (Å²) in [6, 6.07) is 13.9. The van der Waals surface area contributed by atoms with Gasteiger partial charge in [0.2, 0.25) is 0 Å². The van der Waals surface area contributed by atoms with E-state index in [1.807, 2.05) is 30.3 Å². The van der Waals surface area contributed by atoms with Crippen LogP contribution in [0.25, 0.3) is 11.1 Å². The number of carbonyl (C=O) groups excluding carboxylic acids is 1.